The van der Waals surface area contributed by atoms with E-state index >= 15 is 0 Å². The van der Waals surface area contributed by atoms with Gasteiger partial charge in [-0.3, -0.25) is 5.10 Å². The third kappa shape index (κ3) is 3.22. The molecule has 1 aromatic heterocycles. The molecule has 0 saturated carbocycles. The number of aromatic amines is 1. The lowest BCUT2D eigenvalue weighted by Crippen LogP contribution is -2.12. The summed E-state index contributed by atoms with van der Waals surface area (Å²) in [6.45, 7) is 1.59. The van der Waals surface area contributed by atoms with Gasteiger partial charge >= 0.3 is 6.18 Å². The largest absolute Gasteiger partial charge is 0.396 e. The van der Waals surface area contributed by atoms with Gasteiger partial charge in [-0.25, -0.2) is 4.98 Å². The highest BCUT2D eigenvalue weighted by atomic mass is 35.5. The predicted molar refractivity (Wildman–Crippen MR) is 40.4 cm³/mol. The highest BCUT2D eigenvalue weighted by molar-refractivity contribution is 6.20. The Balaban J connectivity index is 2.70. The molecule has 7 heteroatoms. The fourth-order valence-electron chi connectivity index (χ4n) is 0.757. The Labute approximate surface area is 77.3 Å². The molecule has 0 saturated heterocycles. The number of aromatic nitrogens is 3. The van der Waals surface area contributed by atoms with Crippen molar-refractivity contribution in [2.24, 2.45) is 0 Å². The molecule has 1 aromatic rings. The molecule has 0 radical (unpaired) electrons. The summed E-state index contributed by atoms with van der Waals surface area (Å²) in [7, 11) is 0. The maximum absolute atomic E-state index is 11.8. The van der Waals surface area contributed by atoms with Gasteiger partial charge in [0.2, 0.25) is 0 Å². The third-order valence-electron chi connectivity index (χ3n) is 1.27. The fourth-order valence-corrected chi connectivity index (χ4v) is 0.854. The maximum Gasteiger partial charge on any atom is 0.396 e. The van der Waals surface area contributed by atoms with Gasteiger partial charge in [0.15, 0.2) is 5.82 Å². The van der Waals surface area contributed by atoms with E-state index in [1.54, 1.807) is 6.92 Å². The topological polar surface area (TPSA) is 41.6 Å². The molecular weight excluding hydrogens is 207 g/mol. The zero-order chi connectivity index (χ0) is 10.1. The van der Waals surface area contributed by atoms with Crippen LogP contribution in [0, 0.1) is 0 Å². The molecule has 1 atom stereocenters. The van der Waals surface area contributed by atoms with Gasteiger partial charge in [-0.1, -0.05) is 0 Å². The number of nitrogens with one attached hydrogen (secondary N) is 1. The first-order valence-corrected chi connectivity index (χ1v) is 3.94. The first-order chi connectivity index (χ1) is 5.88. The quantitative estimate of drug-likeness (QED) is 0.766. The summed E-state index contributed by atoms with van der Waals surface area (Å²) in [5.41, 5.74) is 0. The van der Waals surface area contributed by atoms with Crippen molar-refractivity contribution in [3.63, 3.8) is 0 Å². The van der Waals surface area contributed by atoms with Gasteiger partial charge < -0.3 is 0 Å². The molecule has 0 aliphatic carbocycles. The highest BCUT2D eigenvalue weighted by Crippen LogP contribution is 2.20. The van der Waals surface area contributed by atoms with E-state index in [-0.39, 0.29) is 11.6 Å². The molecule has 1 N–H and O–H groups in total. The average molecular weight is 214 g/mol. The molecule has 0 spiro atoms. The molecule has 3 nitrogen and oxygen atoms in total. The van der Waals surface area contributed by atoms with Gasteiger partial charge in [0.25, 0.3) is 0 Å². The van der Waals surface area contributed by atoms with Crippen LogP contribution in [0.15, 0.2) is 0 Å². The van der Waals surface area contributed by atoms with Crippen molar-refractivity contribution in [3.05, 3.63) is 11.6 Å². The van der Waals surface area contributed by atoms with E-state index in [0.717, 1.165) is 0 Å². The van der Waals surface area contributed by atoms with Gasteiger partial charge in [-0.2, -0.15) is 18.3 Å². The summed E-state index contributed by atoms with van der Waals surface area (Å²) in [6, 6.07) is 0. The van der Waals surface area contributed by atoms with Crippen molar-refractivity contribution < 1.29 is 13.2 Å². The Kier molecular flexibility index (Phi) is 2.80. The number of halogens is 4. The van der Waals surface area contributed by atoms with Gasteiger partial charge in [0, 0.05) is 0 Å². The standard InChI is InChI=1S/C6H7ClF3N3/c1-3(7)5-11-4(12-13-5)2-6(8,9)10/h3H,2H2,1H3,(H,11,12,13). The van der Waals surface area contributed by atoms with Crippen molar-refractivity contribution >= 4 is 11.6 Å². The Morgan fingerprint density at radius 3 is 2.54 bits per heavy atom. The van der Waals surface area contributed by atoms with E-state index in [2.05, 4.69) is 15.2 Å². The molecule has 0 aromatic carbocycles. The van der Waals surface area contributed by atoms with E-state index in [4.69, 9.17) is 11.6 Å². The molecule has 1 unspecified atom stereocenters. The minimum absolute atomic E-state index is 0.181. The van der Waals surface area contributed by atoms with Crippen LogP contribution in [-0.2, 0) is 6.42 Å². The molecule has 1 rings (SSSR count). The van der Waals surface area contributed by atoms with Crippen molar-refractivity contribution in [1.29, 1.82) is 0 Å². The van der Waals surface area contributed by atoms with Crippen LogP contribution < -0.4 is 0 Å². The zero-order valence-electron chi connectivity index (χ0n) is 6.69. The molecule has 0 aliphatic rings. The van der Waals surface area contributed by atoms with E-state index < -0.39 is 18.0 Å². The van der Waals surface area contributed by atoms with E-state index in [0.29, 0.717) is 0 Å². The second-order valence-electron chi connectivity index (χ2n) is 2.55. The summed E-state index contributed by atoms with van der Waals surface area (Å²) in [5.74, 6) is -0.0316. The lowest BCUT2D eigenvalue weighted by molar-refractivity contribution is -0.128. The zero-order valence-corrected chi connectivity index (χ0v) is 7.45. The van der Waals surface area contributed by atoms with Gasteiger partial charge in [-0.05, 0) is 6.92 Å². The molecule has 0 fully saturated rings. The fraction of sp³-hybridized carbons (Fsp3) is 0.667. The number of H-pyrrole nitrogens is 1. The van der Waals surface area contributed by atoms with Crippen molar-refractivity contribution in [2.45, 2.75) is 24.9 Å². The SMILES string of the molecule is CC(Cl)c1n[nH]c(CC(F)(F)F)n1. The van der Waals surface area contributed by atoms with Crippen LogP contribution in [0.3, 0.4) is 0 Å². The minimum Gasteiger partial charge on any atom is -0.263 e. The van der Waals surface area contributed by atoms with Crippen LogP contribution in [0.4, 0.5) is 13.2 Å². The predicted octanol–water partition coefficient (Wildman–Crippen LogP) is 2.21. The molecular formula is C6H7ClF3N3. The van der Waals surface area contributed by atoms with Crippen LogP contribution in [0.2, 0.25) is 0 Å². The van der Waals surface area contributed by atoms with Crippen LogP contribution in [-0.4, -0.2) is 21.4 Å². The number of nitrogens with zero attached hydrogens (tertiary/aromatic N) is 2. The first-order valence-electron chi connectivity index (χ1n) is 3.50. The molecule has 1 heterocycles. The van der Waals surface area contributed by atoms with Crippen LogP contribution in [0.5, 0.6) is 0 Å². The Morgan fingerprint density at radius 2 is 2.15 bits per heavy atom. The first kappa shape index (κ1) is 10.3. The normalized spacial score (nSPS) is 14.5. The highest BCUT2D eigenvalue weighted by Gasteiger charge is 2.29. The van der Waals surface area contributed by atoms with E-state index in [1.165, 1.54) is 0 Å². The number of alkyl halides is 4. The maximum atomic E-state index is 11.8. The van der Waals surface area contributed by atoms with E-state index in [1.807, 2.05) is 0 Å². The average Bonchev–Trinajstić information content (AvgIpc) is 2.31. The lowest BCUT2D eigenvalue weighted by Gasteiger charge is -2.01. The second-order valence-corrected chi connectivity index (χ2v) is 3.20. The Hall–Kier alpha value is -0.780. The molecule has 74 valence electrons. The summed E-state index contributed by atoms with van der Waals surface area (Å²) in [6.07, 6.45) is -5.38. The Morgan fingerprint density at radius 1 is 1.54 bits per heavy atom. The molecule has 0 amide bonds. The summed E-state index contributed by atoms with van der Waals surface area (Å²) in [4.78, 5) is 3.58. The van der Waals surface area contributed by atoms with Gasteiger partial charge in [-0.15, -0.1) is 11.6 Å². The van der Waals surface area contributed by atoms with Crippen LogP contribution >= 0.6 is 11.6 Å². The second kappa shape index (κ2) is 3.53. The summed E-state index contributed by atoms with van der Waals surface area (Å²) < 4.78 is 35.5. The number of hydrogen-bond acceptors (Lipinski definition) is 2. The van der Waals surface area contributed by atoms with Crippen LogP contribution in [0.25, 0.3) is 0 Å². The summed E-state index contributed by atoms with van der Waals surface area (Å²) >= 11 is 5.56. The van der Waals surface area contributed by atoms with Crippen LogP contribution in [0.1, 0.15) is 23.9 Å². The van der Waals surface area contributed by atoms with Gasteiger partial charge in [0.1, 0.15) is 12.2 Å². The summed E-state index contributed by atoms with van der Waals surface area (Å²) in [5, 5.41) is 5.22. The monoisotopic (exact) mass is 213 g/mol. The number of rotatable bonds is 2. The van der Waals surface area contributed by atoms with Crippen molar-refractivity contribution in [2.75, 3.05) is 0 Å². The Bertz CT molecular complexity index is 281. The number of hydrogen-bond donors (Lipinski definition) is 1. The molecule has 0 aliphatic heterocycles. The smallest absolute Gasteiger partial charge is 0.263 e. The third-order valence-corrected chi connectivity index (χ3v) is 1.47. The minimum atomic E-state index is -4.27. The molecule has 0 bridgehead atoms. The van der Waals surface area contributed by atoms with Gasteiger partial charge in [0.05, 0.1) is 5.38 Å². The van der Waals surface area contributed by atoms with E-state index in [9.17, 15) is 13.2 Å². The lowest BCUT2D eigenvalue weighted by atomic mass is 10.4. The molecule has 13 heavy (non-hydrogen) atoms. The van der Waals surface area contributed by atoms with Crippen molar-refractivity contribution in [1.82, 2.24) is 15.2 Å². The van der Waals surface area contributed by atoms with Crippen molar-refractivity contribution in [3.8, 4) is 0 Å².